The molecular formula is C23H25ClN4. The predicted molar refractivity (Wildman–Crippen MR) is 115 cm³/mol. The number of fused-ring (bicyclic) bond motifs is 3. The van der Waals surface area contributed by atoms with Crippen LogP contribution in [-0.4, -0.2) is 22.9 Å². The van der Waals surface area contributed by atoms with Crippen molar-refractivity contribution in [2.45, 2.75) is 31.2 Å². The van der Waals surface area contributed by atoms with Crippen molar-refractivity contribution in [2.24, 2.45) is 5.92 Å². The lowest BCUT2D eigenvalue weighted by Crippen LogP contribution is -2.28. The van der Waals surface area contributed by atoms with Crippen molar-refractivity contribution in [3.63, 3.8) is 0 Å². The van der Waals surface area contributed by atoms with Crippen molar-refractivity contribution in [3.8, 4) is 16.8 Å². The van der Waals surface area contributed by atoms with Crippen molar-refractivity contribution in [1.82, 2.24) is 15.1 Å². The van der Waals surface area contributed by atoms with Gasteiger partial charge in [-0.3, -0.25) is 0 Å². The summed E-state index contributed by atoms with van der Waals surface area (Å²) < 4.78 is 2.12. The van der Waals surface area contributed by atoms with Gasteiger partial charge in [0.1, 0.15) is 11.2 Å². The molecule has 3 aromatic rings. The van der Waals surface area contributed by atoms with Gasteiger partial charge in [-0.15, -0.1) is 0 Å². The van der Waals surface area contributed by atoms with E-state index in [0.29, 0.717) is 0 Å². The summed E-state index contributed by atoms with van der Waals surface area (Å²) in [6, 6.07) is 18.8. The number of rotatable bonds is 4. The van der Waals surface area contributed by atoms with Crippen molar-refractivity contribution < 1.29 is 0 Å². The fourth-order valence-electron chi connectivity index (χ4n) is 4.50. The van der Waals surface area contributed by atoms with Gasteiger partial charge in [0.25, 0.3) is 0 Å². The lowest BCUT2D eigenvalue weighted by molar-refractivity contribution is 0.352. The van der Waals surface area contributed by atoms with Gasteiger partial charge in [-0.25, -0.2) is 4.68 Å². The number of benzene rings is 2. The first-order valence-electron chi connectivity index (χ1n) is 10.2. The van der Waals surface area contributed by atoms with Crippen LogP contribution in [-0.2, 0) is 6.42 Å². The van der Waals surface area contributed by atoms with Crippen LogP contribution in [0.3, 0.4) is 0 Å². The second kappa shape index (κ2) is 7.61. The monoisotopic (exact) mass is 392 g/mol. The number of piperidine rings is 1. The summed E-state index contributed by atoms with van der Waals surface area (Å²) in [5, 5.41) is 11.8. The molecule has 1 unspecified atom stereocenters. The third-order valence-electron chi connectivity index (χ3n) is 5.98. The van der Waals surface area contributed by atoms with Crippen LogP contribution in [0.2, 0.25) is 0 Å². The maximum Gasteiger partial charge on any atom is 0.147 e. The van der Waals surface area contributed by atoms with Crippen LogP contribution in [0.5, 0.6) is 0 Å². The van der Waals surface area contributed by atoms with Crippen LogP contribution < -0.4 is 10.6 Å². The highest BCUT2D eigenvalue weighted by atomic mass is 35.5. The normalized spacial score (nSPS) is 19.0. The van der Waals surface area contributed by atoms with Gasteiger partial charge < -0.3 is 10.6 Å². The molecule has 4 nitrogen and oxygen atoms in total. The Morgan fingerprint density at radius 2 is 1.75 bits per heavy atom. The summed E-state index contributed by atoms with van der Waals surface area (Å²) in [4.78, 5) is 0. The first-order valence-corrected chi connectivity index (χ1v) is 10.6. The average Bonchev–Trinajstić information content (AvgIpc) is 3.14. The zero-order chi connectivity index (χ0) is 18.9. The Kier molecular flexibility index (Phi) is 4.83. The van der Waals surface area contributed by atoms with E-state index < -0.39 is 0 Å². The SMILES string of the molecule is ClC1Nc2ccccc2-c2c1nn(-c1ccccc1)c2CCC1CCNCC1. The number of aromatic nitrogens is 2. The summed E-state index contributed by atoms with van der Waals surface area (Å²) >= 11 is 6.70. The second-order valence-electron chi connectivity index (χ2n) is 7.74. The Bertz CT molecular complexity index is 960. The second-order valence-corrected chi connectivity index (χ2v) is 8.18. The van der Waals surface area contributed by atoms with Crippen LogP contribution in [0.1, 0.15) is 36.2 Å². The predicted octanol–water partition coefficient (Wildman–Crippen LogP) is 5.13. The molecule has 2 N–H and O–H groups in total. The van der Waals surface area contributed by atoms with Crippen molar-refractivity contribution in [1.29, 1.82) is 0 Å². The molecule has 0 aliphatic carbocycles. The molecule has 144 valence electrons. The number of anilines is 1. The summed E-state index contributed by atoms with van der Waals surface area (Å²) in [7, 11) is 0. The Labute approximate surface area is 170 Å². The van der Waals surface area contributed by atoms with Crippen LogP contribution >= 0.6 is 11.6 Å². The Hall–Kier alpha value is -2.30. The molecule has 0 spiro atoms. The van der Waals surface area contributed by atoms with Crippen molar-refractivity contribution in [2.75, 3.05) is 18.4 Å². The smallest absolute Gasteiger partial charge is 0.147 e. The van der Waals surface area contributed by atoms with Gasteiger partial charge in [0.05, 0.1) is 11.4 Å². The van der Waals surface area contributed by atoms with E-state index in [-0.39, 0.29) is 5.50 Å². The Balaban J connectivity index is 1.60. The van der Waals surface area contributed by atoms with Gasteiger partial charge in [0.2, 0.25) is 0 Å². The number of hydrogen-bond donors (Lipinski definition) is 2. The number of nitrogens with zero attached hydrogens (tertiary/aromatic N) is 2. The van der Waals surface area contributed by atoms with E-state index in [1.807, 2.05) is 6.07 Å². The lowest BCUT2D eigenvalue weighted by Gasteiger charge is -2.24. The number of alkyl halides is 1. The fourth-order valence-corrected chi connectivity index (χ4v) is 4.77. The van der Waals surface area contributed by atoms with E-state index in [1.54, 1.807) is 0 Å². The van der Waals surface area contributed by atoms with Crippen LogP contribution in [0, 0.1) is 5.92 Å². The molecule has 5 rings (SSSR count). The van der Waals surface area contributed by atoms with Gasteiger partial charge in [0, 0.05) is 16.8 Å². The molecule has 0 saturated carbocycles. The molecule has 1 fully saturated rings. The van der Waals surface area contributed by atoms with Crippen molar-refractivity contribution in [3.05, 3.63) is 66.0 Å². The minimum Gasteiger partial charge on any atom is -0.364 e. The summed E-state index contributed by atoms with van der Waals surface area (Å²) in [6.45, 7) is 2.27. The van der Waals surface area contributed by atoms with Gasteiger partial charge in [-0.05, 0) is 62.9 Å². The quantitative estimate of drug-likeness (QED) is 0.477. The molecule has 1 saturated heterocycles. The van der Waals surface area contributed by atoms with Crippen molar-refractivity contribution >= 4 is 17.3 Å². The van der Waals surface area contributed by atoms with E-state index in [9.17, 15) is 0 Å². The van der Waals surface area contributed by atoms with Gasteiger partial charge in [0.15, 0.2) is 0 Å². The highest BCUT2D eigenvalue weighted by molar-refractivity contribution is 6.23. The number of halogens is 1. The molecule has 1 atom stereocenters. The van der Waals surface area contributed by atoms with E-state index in [1.165, 1.54) is 36.1 Å². The van der Waals surface area contributed by atoms with E-state index in [2.05, 4.69) is 63.8 Å². The molecule has 5 heteroatoms. The molecule has 3 heterocycles. The first kappa shape index (κ1) is 17.8. The zero-order valence-electron chi connectivity index (χ0n) is 15.9. The maximum absolute atomic E-state index is 6.70. The molecule has 28 heavy (non-hydrogen) atoms. The first-order chi connectivity index (χ1) is 13.8. The number of para-hydroxylation sites is 2. The molecule has 2 aromatic carbocycles. The van der Waals surface area contributed by atoms with Gasteiger partial charge in [-0.1, -0.05) is 48.0 Å². The van der Waals surface area contributed by atoms with Gasteiger partial charge in [-0.2, -0.15) is 5.10 Å². The molecule has 2 aliphatic heterocycles. The fraction of sp³-hybridized carbons (Fsp3) is 0.348. The van der Waals surface area contributed by atoms with E-state index in [4.69, 9.17) is 16.7 Å². The van der Waals surface area contributed by atoms with E-state index in [0.717, 1.165) is 42.5 Å². The molecule has 0 radical (unpaired) electrons. The number of hydrogen-bond acceptors (Lipinski definition) is 3. The average molecular weight is 393 g/mol. The maximum atomic E-state index is 6.70. The lowest BCUT2D eigenvalue weighted by atomic mass is 9.90. The molecular weight excluding hydrogens is 368 g/mol. The Morgan fingerprint density at radius 3 is 2.57 bits per heavy atom. The topological polar surface area (TPSA) is 41.9 Å². The highest BCUT2D eigenvalue weighted by Gasteiger charge is 2.30. The molecule has 2 aliphatic rings. The third-order valence-corrected chi connectivity index (χ3v) is 6.29. The minimum atomic E-state index is -0.313. The highest BCUT2D eigenvalue weighted by Crippen LogP contribution is 2.44. The van der Waals surface area contributed by atoms with Crippen LogP contribution in [0.15, 0.2) is 54.6 Å². The zero-order valence-corrected chi connectivity index (χ0v) is 16.6. The summed E-state index contributed by atoms with van der Waals surface area (Å²) in [6.07, 6.45) is 4.73. The van der Waals surface area contributed by atoms with E-state index >= 15 is 0 Å². The minimum absolute atomic E-state index is 0.313. The summed E-state index contributed by atoms with van der Waals surface area (Å²) in [5.74, 6) is 0.778. The van der Waals surface area contributed by atoms with Gasteiger partial charge >= 0.3 is 0 Å². The molecule has 0 bridgehead atoms. The number of nitrogens with one attached hydrogen (secondary N) is 2. The Morgan fingerprint density at radius 1 is 1.00 bits per heavy atom. The molecule has 1 aromatic heterocycles. The van der Waals surface area contributed by atoms with Crippen LogP contribution in [0.4, 0.5) is 5.69 Å². The largest absolute Gasteiger partial charge is 0.364 e. The van der Waals surface area contributed by atoms with Crippen LogP contribution in [0.25, 0.3) is 16.8 Å². The third kappa shape index (κ3) is 3.21. The summed E-state index contributed by atoms with van der Waals surface area (Å²) in [5.41, 5.74) is 6.50. The molecule has 0 amide bonds. The standard InChI is InChI=1S/C23H25ClN4/c24-23-22-21(18-8-4-5-9-19(18)26-23)20(11-10-16-12-14-25-15-13-16)28(27-22)17-6-2-1-3-7-17/h1-9,16,23,25-26H,10-15H2.